The van der Waals surface area contributed by atoms with E-state index in [1.54, 1.807) is 19.4 Å². The molecule has 0 aliphatic rings. The van der Waals surface area contributed by atoms with Crippen molar-refractivity contribution in [2.45, 2.75) is 19.8 Å². The average Bonchev–Trinajstić information content (AvgIpc) is 2.48. The number of benzene rings is 1. The van der Waals surface area contributed by atoms with Gasteiger partial charge in [-0.1, -0.05) is 18.2 Å². The van der Waals surface area contributed by atoms with Crippen molar-refractivity contribution >= 4 is 11.7 Å². The highest BCUT2D eigenvalue weighted by atomic mass is 16.5. The van der Waals surface area contributed by atoms with Gasteiger partial charge in [0, 0.05) is 12.6 Å². The number of hydrogen-bond donors (Lipinski definition) is 1. The Labute approximate surface area is 118 Å². The van der Waals surface area contributed by atoms with Gasteiger partial charge in [0.15, 0.2) is 0 Å². The molecule has 0 bridgehead atoms. The Morgan fingerprint density at radius 1 is 1.20 bits per heavy atom. The standard InChI is InChI=1S/C16H18N2O2/c1-12-3-9-15(17-11-12)18-16(19)10-6-13-4-7-14(20-2)8-5-13/h3-5,7-9,11H,6,10H2,1-2H3,(H,17,18,19). The van der Waals surface area contributed by atoms with Crippen molar-refractivity contribution in [3.63, 3.8) is 0 Å². The number of aromatic nitrogens is 1. The number of carbonyl (C=O) groups excluding carboxylic acids is 1. The van der Waals surface area contributed by atoms with Gasteiger partial charge in [0.2, 0.25) is 5.91 Å². The maximum atomic E-state index is 11.8. The van der Waals surface area contributed by atoms with Gasteiger partial charge in [-0.2, -0.15) is 0 Å². The summed E-state index contributed by atoms with van der Waals surface area (Å²) in [5.41, 5.74) is 2.18. The minimum Gasteiger partial charge on any atom is -0.497 e. The third kappa shape index (κ3) is 4.09. The van der Waals surface area contributed by atoms with E-state index in [1.165, 1.54) is 0 Å². The molecule has 1 aromatic heterocycles. The molecule has 1 N–H and O–H groups in total. The van der Waals surface area contributed by atoms with Gasteiger partial charge in [0.05, 0.1) is 7.11 Å². The highest BCUT2D eigenvalue weighted by molar-refractivity contribution is 5.89. The number of nitrogens with one attached hydrogen (secondary N) is 1. The summed E-state index contributed by atoms with van der Waals surface area (Å²) in [4.78, 5) is 16.0. The first kappa shape index (κ1) is 14.1. The summed E-state index contributed by atoms with van der Waals surface area (Å²) in [5, 5.41) is 2.79. The fourth-order valence-corrected chi connectivity index (χ4v) is 1.80. The molecule has 4 nitrogen and oxygen atoms in total. The summed E-state index contributed by atoms with van der Waals surface area (Å²) in [6.07, 6.45) is 2.86. The first-order valence-electron chi connectivity index (χ1n) is 6.53. The Morgan fingerprint density at radius 3 is 2.55 bits per heavy atom. The van der Waals surface area contributed by atoms with Gasteiger partial charge in [-0.3, -0.25) is 4.79 Å². The highest BCUT2D eigenvalue weighted by Gasteiger charge is 2.04. The Balaban J connectivity index is 1.83. The van der Waals surface area contributed by atoms with Gasteiger partial charge >= 0.3 is 0 Å². The number of rotatable bonds is 5. The summed E-state index contributed by atoms with van der Waals surface area (Å²) in [6.45, 7) is 1.96. The fourth-order valence-electron chi connectivity index (χ4n) is 1.80. The second-order valence-electron chi connectivity index (χ2n) is 4.62. The molecule has 2 rings (SSSR count). The molecule has 104 valence electrons. The molecule has 0 aliphatic heterocycles. The maximum absolute atomic E-state index is 11.8. The van der Waals surface area contributed by atoms with Crippen molar-refractivity contribution in [3.8, 4) is 5.75 Å². The molecular weight excluding hydrogens is 252 g/mol. The van der Waals surface area contributed by atoms with Crippen LogP contribution < -0.4 is 10.1 Å². The van der Waals surface area contributed by atoms with E-state index < -0.39 is 0 Å². The van der Waals surface area contributed by atoms with Gasteiger partial charge < -0.3 is 10.1 Å². The quantitative estimate of drug-likeness (QED) is 0.908. The van der Waals surface area contributed by atoms with Crippen molar-refractivity contribution in [2.75, 3.05) is 12.4 Å². The van der Waals surface area contributed by atoms with Gasteiger partial charge in [-0.25, -0.2) is 4.98 Å². The smallest absolute Gasteiger partial charge is 0.225 e. The molecule has 1 heterocycles. The lowest BCUT2D eigenvalue weighted by Crippen LogP contribution is -2.13. The van der Waals surface area contributed by atoms with Crippen LogP contribution in [-0.2, 0) is 11.2 Å². The largest absolute Gasteiger partial charge is 0.497 e. The first-order chi connectivity index (χ1) is 9.67. The van der Waals surface area contributed by atoms with Gasteiger partial charge in [0.25, 0.3) is 0 Å². The number of ether oxygens (including phenoxy) is 1. The number of carbonyl (C=O) groups is 1. The molecule has 20 heavy (non-hydrogen) atoms. The molecule has 0 unspecified atom stereocenters. The summed E-state index contributed by atoms with van der Waals surface area (Å²) in [7, 11) is 1.64. The molecule has 0 aliphatic carbocycles. The SMILES string of the molecule is COc1ccc(CCC(=O)Nc2ccc(C)cn2)cc1. The predicted octanol–water partition coefficient (Wildman–Crippen LogP) is 2.97. The molecular formula is C16H18N2O2. The van der Waals surface area contributed by atoms with Crippen LogP contribution in [0.5, 0.6) is 5.75 Å². The zero-order valence-electron chi connectivity index (χ0n) is 11.7. The van der Waals surface area contributed by atoms with Crippen molar-refractivity contribution < 1.29 is 9.53 Å². The van der Waals surface area contributed by atoms with Crippen molar-refractivity contribution in [1.29, 1.82) is 0 Å². The van der Waals surface area contributed by atoms with Crippen LogP contribution in [0.4, 0.5) is 5.82 Å². The van der Waals surface area contributed by atoms with Crippen LogP contribution in [-0.4, -0.2) is 18.0 Å². The topological polar surface area (TPSA) is 51.2 Å². The second kappa shape index (κ2) is 6.70. The van der Waals surface area contributed by atoms with Gasteiger partial charge in [-0.05, 0) is 42.7 Å². The fraction of sp³-hybridized carbons (Fsp3) is 0.250. The maximum Gasteiger partial charge on any atom is 0.225 e. The second-order valence-corrected chi connectivity index (χ2v) is 4.62. The monoisotopic (exact) mass is 270 g/mol. The molecule has 2 aromatic rings. The number of aryl methyl sites for hydroxylation is 2. The number of nitrogens with zero attached hydrogens (tertiary/aromatic N) is 1. The Bertz CT molecular complexity index is 562. The summed E-state index contributed by atoms with van der Waals surface area (Å²) >= 11 is 0. The van der Waals surface area contributed by atoms with Crippen LogP contribution in [0.2, 0.25) is 0 Å². The Kier molecular flexibility index (Phi) is 4.71. The van der Waals surface area contributed by atoms with Crippen LogP contribution in [0, 0.1) is 6.92 Å². The lowest BCUT2D eigenvalue weighted by molar-refractivity contribution is -0.116. The predicted molar refractivity (Wildman–Crippen MR) is 78.9 cm³/mol. The molecule has 4 heteroatoms. The van der Waals surface area contributed by atoms with E-state index in [1.807, 2.05) is 37.3 Å². The summed E-state index contributed by atoms with van der Waals surface area (Å²) < 4.78 is 5.10. The highest BCUT2D eigenvalue weighted by Crippen LogP contribution is 2.13. The average molecular weight is 270 g/mol. The van der Waals surface area contributed by atoms with E-state index in [0.29, 0.717) is 18.7 Å². The number of hydrogen-bond acceptors (Lipinski definition) is 3. The molecule has 0 spiro atoms. The minimum atomic E-state index is -0.0304. The van der Waals surface area contributed by atoms with E-state index >= 15 is 0 Å². The van der Waals surface area contributed by atoms with E-state index in [0.717, 1.165) is 16.9 Å². The summed E-state index contributed by atoms with van der Waals surface area (Å²) in [5.74, 6) is 1.38. The molecule has 1 aromatic carbocycles. The lowest BCUT2D eigenvalue weighted by atomic mass is 10.1. The van der Waals surface area contributed by atoms with Crippen molar-refractivity contribution in [2.24, 2.45) is 0 Å². The van der Waals surface area contributed by atoms with Crippen LogP contribution in [0.15, 0.2) is 42.6 Å². The molecule has 0 atom stereocenters. The normalized spacial score (nSPS) is 10.1. The van der Waals surface area contributed by atoms with E-state index in [4.69, 9.17) is 4.74 Å². The van der Waals surface area contributed by atoms with Crippen LogP contribution >= 0.6 is 0 Å². The van der Waals surface area contributed by atoms with E-state index in [9.17, 15) is 4.79 Å². The number of amides is 1. The molecule has 0 fully saturated rings. The molecule has 1 amide bonds. The molecule has 0 saturated heterocycles. The minimum absolute atomic E-state index is 0.0304. The lowest BCUT2D eigenvalue weighted by Gasteiger charge is -2.05. The van der Waals surface area contributed by atoms with Gasteiger partial charge in [0.1, 0.15) is 11.6 Å². The zero-order valence-corrected chi connectivity index (χ0v) is 11.7. The first-order valence-corrected chi connectivity index (χ1v) is 6.53. The number of anilines is 1. The van der Waals surface area contributed by atoms with Crippen LogP contribution in [0.3, 0.4) is 0 Å². The number of methoxy groups -OCH3 is 1. The van der Waals surface area contributed by atoms with Crippen LogP contribution in [0.1, 0.15) is 17.5 Å². The van der Waals surface area contributed by atoms with Gasteiger partial charge in [-0.15, -0.1) is 0 Å². The van der Waals surface area contributed by atoms with Crippen molar-refractivity contribution in [3.05, 3.63) is 53.7 Å². The third-order valence-electron chi connectivity index (χ3n) is 2.98. The van der Waals surface area contributed by atoms with E-state index in [-0.39, 0.29) is 5.91 Å². The molecule has 0 radical (unpaired) electrons. The third-order valence-corrected chi connectivity index (χ3v) is 2.98. The zero-order chi connectivity index (χ0) is 14.4. The Morgan fingerprint density at radius 2 is 1.95 bits per heavy atom. The van der Waals surface area contributed by atoms with Crippen molar-refractivity contribution in [1.82, 2.24) is 4.98 Å². The van der Waals surface area contributed by atoms with E-state index in [2.05, 4.69) is 10.3 Å². The Hall–Kier alpha value is -2.36. The number of pyridine rings is 1. The van der Waals surface area contributed by atoms with Crippen LogP contribution in [0.25, 0.3) is 0 Å². The molecule has 0 saturated carbocycles. The summed E-state index contributed by atoms with van der Waals surface area (Å²) in [6, 6.07) is 11.5.